The van der Waals surface area contributed by atoms with Crippen LogP contribution in [0.25, 0.3) is 11.5 Å². The van der Waals surface area contributed by atoms with Gasteiger partial charge in [-0.2, -0.15) is 0 Å². The molecule has 106 valence electrons. The van der Waals surface area contributed by atoms with Crippen LogP contribution in [0.15, 0.2) is 34.2 Å². The lowest BCUT2D eigenvalue weighted by molar-refractivity contribution is -0.120. The fraction of sp³-hybridized carbons (Fsp3) is 0.385. The molecule has 2 rings (SSSR count). The minimum atomic E-state index is -0.271. The molecule has 6 nitrogen and oxygen atoms in total. The van der Waals surface area contributed by atoms with Crippen molar-refractivity contribution in [2.75, 3.05) is 6.54 Å². The number of amides is 1. The van der Waals surface area contributed by atoms with Crippen molar-refractivity contribution in [3.63, 3.8) is 0 Å². The summed E-state index contributed by atoms with van der Waals surface area (Å²) in [5.74, 6) is 0.400. The first-order valence-corrected chi connectivity index (χ1v) is 7.27. The molecular formula is C13H16N4O2S. The van der Waals surface area contributed by atoms with Gasteiger partial charge in [-0.1, -0.05) is 18.7 Å². The number of carbonyl (C=O) groups excluding carboxylic acids is 1. The molecule has 0 radical (unpaired) electrons. The molecule has 7 heteroatoms. The van der Waals surface area contributed by atoms with E-state index in [4.69, 9.17) is 4.42 Å². The third-order valence-corrected chi connectivity index (χ3v) is 3.46. The molecule has 20 heavy (non-hydrogen) atoms. The van der Waals surface area contributed by atoms with Gasteiger partial charge in [0.2, 0.25) is 11.8 Å². The molecule has 0 aliphatic heterocycles. The monoisotopic (exact) mass is 292 g/mol. The molecule has 0 saturated heterocycles. The largest absolute Gasteiger partial charge is 0.411 e. The first kappa shape index (κ1) is 14.5. The van der Waals surface area contributed by atoms with Gasteiger partial charge in [-0.25, -0.2) is 0 Å². The Morgan fingerprint density at radius 3 is 2.85 bits per heavy atom. The molecular weight excluding hydrogens is 276 g/mol. The van der Waals surface area contributed by atoms with Crippen molar-refractivity contribution >= 4 is 17.7 Å². The topological polar surface area (TPSA) is 80.9 Å². The zero-order valence-electron chi connectivity index (χ0n) is 11.4. The number of hydrogen-bond acceptors (Lipinski definition) is 6. The summed E-state index contributed by atoms with van der Waals surface area (Å²) in [6.45, 7) is 4.50. The summed E-state index contributed by atoms with van der Waals surface area (Å²) in [6.07, 6.45) is 4.23. The number of rotatable bonds is 6. The van der Waals surface area contributed by atoms with Gasteiger partial charge < -0.3 is 9.73 Å². The molecule has 1 atom stereocenters. The van der Waals surface area contributed by atoms with E-state index in [1.165, 1.54) is 11.8 Å². The Balaban J connectivity index is 1.98. The highest BCUT2D eigenvalue weighted by Gasteiger charge is 2.18. The molecule has 0 spiro atoms. The van der Waals surface area contributed by atoms with E-state index in [0.717, 1.165) is 12.0 Å². The molecule has 0 aromatic carbocycles. The lowest BCUT2D eigenvalue weighted by Crippen LogP contribution is -2.31. The standard InChI is InChI=1S/C13H16N4O2S/c1-3-6-15-11(18)9(2)20-13-17-16-12(19-13)10-4-7-14-8-5-10/h4-5,7-9H,3,6H2,1-2H3,(H,15,18). The quantitative estimate of drug-likeness (QED) is 0.822. The lowest BCUT2D eigenvalue weighted by atomic mass is 10.3. The van der Waals surface area contributed by atoms with Gasteiger partial charge in [0.05, 0.1) is 5.25 Å². The SMILES string of the molecule is CCCNC(=O)C(C)Sc1nnc(-c2ccncc2)o1. The third kappa shape index (κ3) is 3.80. The van der Waals surface area contributed by atoms with E-state index in [1.54, 1.807) is 24.5 Å². The summed E-state index contributed by atoms with van der Waals surface area (Å²) in [5.41, 5.74) is 0.808. The Hall–Kier alpha value is -1.89. The Bertz CT molecular complexity index is 559. The van der Waals surface area contributed by atoms with Crippen LogP contribution < -0.4 is 5.32 Å². The molecule has 0 saturated carbocycles. The van der Waals surface area contributed by atoms with Gasteiger partial charge in [-0.05, 0) is 25.5 Å². The number of carbonyl (C=O) groups is 1. The highest BCUT2D eigenvalue weighted by atomic mass is 32.2. The maximum Gasteiger partial charge on any atom is 0.277 e. The number of hydrogen-bond donors (Lipinski definition) is 1. The van der Waals surface area contributed by atoms with Gasteiger partial charge in [0.1, 0.15) is 0 Å². The minimum Gasteiger partial charge on any atom is -0.411 e. The van der Waals surface area contributed by atoms with Crippen LogP contribution in [-0.2, 0) is 4.79 Å². The molecule has 2 heterocycles. The van der Waals surface area contributed by atoms with E-state index in [0.29, 0.717) is 17.7 Å². The predicted molar refractivity (Wildman–Crippen MR) is 76.1 cm³/mol. The van der Waals surface area contributed by atoms with Crippen molar-refractivity contribution in [3.05, 3.63) is 24.5 Å². The van der Waals surface area contributed by atoms with E-state index in [9.17, 15) is 4.79 Å². The van der Waals surface area contributed by atoms with Crippen molar-refractivity contribution in [2.45, 2.75) is 30.7 Å². The molecule has 2 aromatic rings. The highest BCUT2D eigenvalue weighted by Crippen LogP contribution is 2.25. The molecule has 0 bridgehead atoms. The van der Waals surface area contributed by atoms with Crippen molar-refractivity contribution in [1.29, 1.82) is 0 Å². The van der Waals surface area contributed by atoms with E-state index in [2.05, 4.69) is 20.5 Å². The fourth-order valence-corrected chi connectivity index (χ4v) is 2.17. The molecule has 1 N–H and O–H groups in total. The summed E-state index contributed by atoms with van der Waals surface area (Å²) in [5, 5.41) is 10.9. The van der Waals surface area contributed by atoms with Crippen LogP contribution in [0.5, 0.6) is 0 Å². The Morgan fingerprint density at radius 2 is 2.15 bits per heavy atom. The van der Waals surface area contributed by atoms with Crippen LogP contribution in [0.3, 0.4) is 0 Å². The zero-order chi connectivity index (χ0) is 14.4. The predicted octanol–water partition coefficient (Wildman–Crippen LogP) is 2.14. The maximum absolute atomic E-state index is 11.8. The Labute approximate surface area is 121 Å². The molecule has 2 aromatic heterocycles. The first-order chi connectivity index (χ1) is 9.70. The smallest absolute Gasteiger partial charge is 0.277 e. The Kier molecular flexibility index (Phi) is 5.11. The Morgan fingerprint density at radius 1 is 1.40 bits per heavy atom. The lowest BCUT2D eigenvalue weighted by Gasteiger charge is -2.08. The van der Waals surface area contributed by atoms with E-state index >= 15 is 0 Å². The van der Waals surface area contributed by atoms with E-state index in [1.807, 2.05) is 13.8 Å². The van der Waals surface area contributed by atoms with Gasteiger partial charge in [-0.15, -0.1) is 10.2 Å². The number of thioether (sulfide) groups is 1. The normalized spacial score (nSPS) is 12.1. The van der Waals surface area contributed by atoms with Gasteiger partial charge in [0, 0.05) is 24.5 Å². The summed E-state index contributed by atoms with van der Waals surface area (Å²) in [7, 11) is 0. The summed E-state index contributed by atoms with van der Waals surface area (Å²) in [6, 6.07) is 3.58. The second kappa shape index (κ2) is 7.04. The maximum atomic E-state index is 11.8. The first-order valence-electron chi connectivity index (χ1n) is 6.39. The molecule has 0 aliphatic carbocycles. The molecule has 1 unspecified atom stereocenters. The average Bonchev–Trinajstić information content (AvgIpc) is 2.94. The molecule has 1 amide bonds. The van der Waals surface area contributed by atoms with Crippen molar-refractivity contribution < 1.29 is 9.21 Å². The summed E-state index contributed by atoms with van der Waals surface area (Å²) >= 11 is 1.25. The third-order valence-electron chi connectivity index (χ3n) is 2.53. The molecule has 0 fully saturated rings. The van der Waals surface area contributed by atoms with Crippen LogP contribution in [0, 0.1) is 0 Å². The number of nitrogens with one attached hydrogen (secondary N) is 1. The second-order valence-corrected chi connectivity index (χ2v) is 5.45. The summed E-state index contributed by atoms with van der Waals surface area (Å²) in [4.78, 5) is 15.7. The van der Waals surface area contributed by atoms with Crippen molar-refractivity contribution in [3.8, 4) is 11.5 Å². The van der Waals surface area contributed by atoms with Gasteiger partial charge in [0.15, 0.2) is 0 Å². The van der Waals surface area contributed by atoms with Crippen LogP contribution in [-0.4, -0.2) is 32.9 Å². The second-order valence-electron chi connectivity index (χ2n) is 4.16. The molecule has 0 aliphatic rings. The van der Waals surface area contributed by atoms with Gasteiger partial charge in [-0.3, -0.25) is 9.78 Å². The minimum absolute atomic E-state index is 0.0273. The van der Waals surface area contributed by atoms with Crippen LogP contribution in [0.1, 0.15) is 20.3 Å². The van der Waals surface area contributed by atoms with Gasteiger partial charge >= 0.3 is 0 Å². The number of pyridine rings is 1. The fourth-order valence-electron chi connectivity index (χ4n) is 1.47. The van der Waals surface area contributed by atoms with E-state index in [-0.39, 0.29) is 11.2 Å². The summed E-state index contributed by atoms with van der Waals surface area (Å²) < 4.78 is 5.53. The van der Waals surface area contributed by atoms with E-state index < -0.39 is 0 Å². The zero-order valence-corrected chi connectivity index (χ0v) is 12.2. The van der Waals surface area contributed by atoms with Crippen LogP contribution in [0.2, 0.25) is 0 Å². The van der Waals surface area contributed by atoms with Crippen molar-refractivity contribution in [1.82, 2.24) is 20.5 Å². The number of nitrogens with zero attached hydrogens (tertiary/aromatic N) is 3. The number of aromatic nitrogens is 3. The van der Waals surface area contributed by atoms with Crippen LogP contribution in [0.4, 0.5) is 0 Å². The highest BCUT2D eigenvalue weighted by molar-refractivity contribution is 8.00. The average molecular weight is 292 g/mol. The van der Waals surface area contributed by atoms with Gasteiger partial charge in [0.25, 0.3) is 5.22 Å². The van der Waals surface area contributed by atoms with Crippen molar-refractivity contribution in [2.24, 2.45) is 0 Å². The van der Waals surface area contributed by atoms with Crippen LogP contribution >= 0.6 is 11.8 Å².